The van der Waals surface area contributed by atoms with Crippen LogP contribution < -0.4 is 10.2 Å². The van der Waals surface area contributed by atoms with Crippen molar-refractivity contribution in [2.75, 3.05) is 0 Å². The molecule has 292 valence electrons. The number of carbonyl (C=O) groups is 2. The Kier molecular flexibility index (Phi) is 15.2. The number of para-hydroxylation sites is 8. The van der Waals surface area contributed by atoms with Gasteiger partial charge in [0.1, 0.15) is 23.3 Å². The molecular weight excluding hydrogens is 802 g/mol. The Bertz CT molecular complexity index is 2430. The molecule has 4 heterocycles. The molecule has 0 bridgehead atoms. The van der Waals surface area contributed by atoms with E-state index in [0.29, 0.717) is 0 Å². The predicted octanol–water partition coefficient (Wildman–Crippen LogP) is 5.41. The van der Waals surface area contributed by atoms with Gasteiger partial charge in [0.05, 0.1) is 44.1 Å². The smallest absolute Gasteiger partial charge is 0.550 e. The molecule has 59 heavy (non-hydrogen) atoms. The van der Waals surface area contributed by atoms with E-state index in [-0.39, 0.29) is 30.4 Å². The van der Waals surface area contributed by atoms with Crippen LogP contribution in [0.15, 0.2) is 146 Å². The number of hydrogen-bond acceptors (Lipinski definition) is 8. The zero-order chi connectivity index (χ0) is 39.0. The molecule has 15 heteroatoms. The Morgan fingerprint density at radius 2 is 0.593 bits per heavy atom. The predicted molar refractivity (Wildman–Crippen MR) is 222 cm³/mol. The van der Waals surface area contributed by atoms with E-state index in [4.69, 9.17) is 19.8 Å². The molecule has 0 saturated heterocycles. The van der Waals surface area contributed by atoms with E-state index in [9.17, 15) is 0 Å². The molecule has 0 unspecified atom stereocenters. The number of fused-ring (bicyclic) bond motifs is 4. The summed E-state index contributed by atoms with van der Waals surface area (Å²) >= 11 is 0. The van der Waals surface area contributed by atoms with Crippen LogP contribution >= 0.6 is 0 Å². The van der Waals surface area contributed by atoms with Crippen LogP contribution in [0, 0.1) is 0 Å². The quantitative estimate of drug-likeness (QED) is 0.166. The molecule has 6 aromatic carbocycles. The van der Waals surface area contributed by atoms with Crippen LogP contribution in [0.25, 0.3) is 89.7 Å². The van der Waals surface area contributed by atoms with Gasteiger partial charge in [-0.05, 0) is 74.5 Å². The maximum absolute atomic E-state index is 8.89. The van der Waals surface area contributed by atoms with Gasteiger partial charge in [0.15, 0.2) is 0 Å². The molecule has 0 amide bonds. The fraction of sp³-hybridized carbons (Fsp3) is 0.0455. The number of aromatic amines is 4. The summed E-state index contributed by atoms with van der Waals surface area (Å²) in [7, 11) is 0. The van der Waals surface area contributed by atoms with E-state index >= 15 is 0 Å². The molecule has 0 aliphatic rings. The third-order valence-electron chi connectivity index (χ3n) is 8.38. The summed E-state index contributed by atoms with van der Waals surface area (Å²) in [6.45, 7) is 1.94. The second-order valence-corrected chi connectivity index (χ2v) is 12.6. The summed E-state index contributed by atoms with van der Waals surface area (Å²) in [5.41, 5.74) is 12.2. The number of nitrogens with one attached hydrogen (secondary N) is 4. The van der Waals surface area contributed by atoms with Gasteiger partial charge >= 0.3 is 19.5 Å². The van der Waals surface area contributed by atoms with Gasteiger partial charge in [-0.15, -0.1) is 0 Å². The molecule has 10 aromatic rings. The first-order chi connectivity index (χ1) is 27.2. The Balaban J connectivity index is 0.000000212. The number of carbonyl (C=O) groups excluding carboxylic acids is 2. The van der Waals surface area contributed by atoms with Gasteiger partial charge in [-0.1, -0.05) is 84.9 Å². The third-order valence-corrected chi connectivity index (χ3v) is 8.38. The Morgan fingerprint density at radius 1 is 0.390 bits per heavy atom. The van der Waals surface area contributed by atoms with E-state index in [1.165, 1.54) is 0 Å². The van der Waals surface area contributed by atoms with Crippen LogP contribution in [0.1, 0.15) is 13.8 Å². The molecule has 0 aliphatic heterocycles. The number of aromatic nitrogens is 8. The van der Waals surface area contributed by atoms with Crippen molar-refractivity contribution >= 4 is 56.1 Å². The number of rotatable bonds is 4. The SMILES string of the molecule is CC(=O)[O-].CC(=O)[O-].O.O.[Zn+2].c1cc(-c2nc3ccccc3[nH]2)cc(-c2nc3ccccc3[nH]2)c1.c1cc(-c2nc3ccccc3[nH]2)cc(-c2nc3ccccc3[nH]2)c1. The number of benzene rings is 6. The molecule has 0 radical (unpaired) electrons. The minimum atomic E-state index is -1.08. The second kappa shape index (κ2) is 20.2. The summed E-state index contributed by atoms with van der Waals surface area (Å²) in [5.74, 6) is 1.31. The van der Waals surface area contributed by atoms with Crippen molar-refractivity contribution in [1.82, 2.24) is 39.9 Å². The molecule has 14 nitrogen and oxygen atoms in total. The van der Waals surface area contributed by atoms with Crippen LogP contribution in [-0.2, 0) is 29.1 Å². The van der Waals surface area contributed by atoms with Gasteiger partial charge in [-0.3, -0.25) is 0 Å². The zero-order valence-electron chi connectivity index (χ0n) is 32.0. The van der Waals surface area contributed by atoms with Gasteiger partial charge in [-0.2, -0.15) is 0 Å². The van der Waals surface area contributed by atoms with Crippen LogP contribution in [-0.4, -0.2) is 62.8 Å². The largest absolute Gasteiger partial charge is 2.00 e. The van der Waals surface area contributed by atoms with Crippen LogP contribution in [0.4, 0.5) is 0 Å². The normalized spacial score (nSPS) is 10.1. The van der Waals surface area contributed by atoms with Gasteiger partial charge in [0.2, 0.25) is 0 Å². The molecule has 0 spiro atoms. The fourth-order valence-electron chi connectivity index (χ4n) is 5.99. The number of nitrogens with zero attached hydrogens (tertiary/aromatic N) is 4. The second-order valence-electron chi connectivity index (χ2n) is 12.6. The van der Waals surface area contributed by atoms with E-state index in [0.717, 1.165) is 104 Å². The van der Waals surface area contributed by atoms with Gasteiger partial charge in [0, 0.05) is 34.2 Å². The first-order valence-electron chi connectivity index (χ1n) is 17.6. The van der Waals surface area contributed by atoms with Crippen molar-refractivity contribution in [2.45, 2.75) is 13.8 Å². The van der Waals surface area contributed by atoms with Gasteiger partial charge in [0.25, 0.3) is 0 Å². The molecular formula is C44H38N8O6Zn. The monoisotopic (exact) mass is 838 g/mol. The molecule has 0 atom stereocenters. The summed E-state index contributed by atoms with van der Waals surface area (Å²) < 4.78 is 0. The summed E-state index contributed by atoms with van der Waals surface area (Å²) in [5, 5.41) is 17.8. The van der Waals surface area contributed by atoms with Crippen molar-refractivity contribution < 1.29 is 50.2 Å². The summed E-state index contributed by atoms with van der Waals surface area (Å²) in [6, 6.07) is 48.7. The first-order valence-corrected chi connectivity index (χ1v) is 17.6. The number of imidazole rings is 4. The van der Waals surface area contributed by atoms with Crippen molar-refractivity contribution in [3.63, 3.8) is 0 Å². The number of carboxylic acids is 2. The summed E-state index contributed by atoms with van der Waals surface area (Å²) in [4.78, 5) is 50.0. The third kappa shape index (κ3) is 11.0. The molecule has 4 aromatic heterocycles. The Hall–Kier alpha value is -7.32. The van der Waals surface area contributed by atoms with Crippen molar-refractivity contribution in [1.29, 1.82) is 0 Å². The topological polar surface area (TPSA) is 258 Å². The van der Waals surface area contributed by atoms with Crippen molar-refractivity contribution in [3.05, 3.63) is 146 Å². The molecule has 0 fully saturated rings. The number of aliphatic carboxylic acids is 2. The minimum Gasteiger partial charge on any atom is -0.550 e. The van der Waals surface area contributed by atoms with Crippen molar-refractivity contribution in [3.8, 4) is 45.6 Å². The van der Waals surface area contributed by atoms with E-state index < -0.39 is 11.9 Å². The average Bonchev–Trinajstić information content (AvgIpc) is 4.02. The average molecular weight is 840 g/mol. The molecule has 0 saturated carbocycles. The maximum atomic E-state index is 8.89. The maximum Gasteiger partial charge on any atom is 2.00 e. The van der Waals surface area contributed by atoms with E-state index in [1.807, 2.05) is 109 Å². The zero-order valence-corrected chi connectivity index (χ0v) is 35.0. The van der Waals surface area contributed by atoms with Crippen LogP contribution in [0.3, 0.4) is 0 Å². The standard InChI is InChI=1S/2C20H14N4.2C2H4O2.2H2O.Zn/c2*1-2-9-16-15(8-1)21-19(22-16)13-6-5-7-14(12-13)20-23-17-10-3-4-11-18(17)24-20;2*1-2(3)4;;;/h2*1-12H,(H,21,22)(H,23,24);2*1H3,(H,3,4);2*1H2;/q;;;;;;+2/p-2. The van der Waals surface area contributed by atoms with Crippen LogP contribution in [0.2, 0.25) is 0 Å². The Labute approximate surface area is 349 Å². The number of hydrogen-bond donors (Lipinski definition) is 4. The van der Waals surface area contributed by atoms with E-state index in [2.05, 4.69) is 76.3 Å². The van der Waals surface area contributed by atoms with Crippen LogP contribution in [0.5, 0.6) is 0 Å². The number of H-pyrrole nitrogens is 4. The summed E-state index contributed by atoms with van der Waals surface area (Å²) in [6.07, 6.45) is 0. The minimum absolute atomic E-state index is 0. The van der Waals surface area contributed by atoms with Gasteiger partial charge in [-0.25, -0.2) is 19.9 Å². The molecule has 8 N–H and O–H groups in total. The molecule has 10 rings (SSSR count). The van der Waals surface area contributed by atoms with Crippen molar-refractivity contribution in [2.24, 2.45) is 0 Å². The molecule has 0 aliphatic carbocycles. The number of carboxylic acid groups (broad SMARTS) is 2. The van der Waals surface area contributed by atoms with Gasteiger partial charge < -0.3 is 50.7 Å². The first kappa shape index (κ1) is 44.4. The Morgan fingerprint density at radius 3 is 0.797 bits per heavy atom. The fourth-order valence-corrected chi connectivity index (χ4v) is 5.99. The van der Waals surface area contributed by atoms with E-state index in [1.54, 1.807) is 0 Å².